The highest BCUT2D eigenvalue weighted by molar-refractivity contribution is 14.1. The van der Waals surface area contributed by atoms with E-state index in [9.17, 15) is 9.59 Å². The molecule has 5 nitrogen and oxygen atoms in total. The minimum Gasteiger partial charge on any atom is -0.489 e. The molecule has 5 aliphatic rings. The largest absolute Gasteiger partial charge is 0.489 e. The maximum absolute atomic E-state index is 13.0. The molecule has 2 saturated carbocycles. The summed E-state index contributed by atoms with van der Waals surface area (Å²) in [6.07, 6.45) is 7.24. The van der Waals surface area contributed by atoms with Crippen LogP contribution in [0.2, 0.25) is 0 Å². The van der Waals surface area contributed by atoms with Crippen molar-refractivity contribution in [2.75, 3.05) is 0 Å². The summed E-state index contributed by atoms with van der Waals surface area (Å²) in [6, 6.07) is 3.92. The lowest BCUT2D eigenvalue weighted by atomic mass is 9.63. The monoisotopic (exact) mass is 602 g/mol. The molecule has 0 unspecified atom stereocenters. The van der Waals surface area contributed by atoms with E-state index in [2.05, 4.69) is 62.4 Å². The lowest BCUT2D eigenvalue weighted by Crippen LogP contribution is -2.40. The number of halogens is 2. The molecule has 0 aromatic heterocycles. The first kappa shape index (κ1) is 19.0. The number of carbonyl (C=O) groups excluding carboxylic acids is 2. The van der Waals surface area contributed by atoms with Gasteiger partial charge in [-0.25, -0.2) is 0 Å². The van der Waals surface area contributed by atoms with E-state index >= 15 is 0 Å². The van der Waals surface area contributed by atoms with Gasteiger partial charge in [0, 0.05) is 0 Å². The fourth-order valence-corrected chi connectivity index (χ4v) is 7.25. The Morgan fingerprint density at radius 1 is 1.07 bits per heavy atom. The molecule has 28 heavy (non-hydrogen) atoms. The highest BCUT2D eigenvalue weighted by atomic mass is 127. The van der Waals surface area contributed by atoms with Crippen molar-refractivity contribution < 1.29 is 14.3 Å². The Kier molecular flexibility index (Phi) is 4.61. The third-order valence-corrected chi connectivity index (χ3v) is 7.94. The van der Waals surface area contributed by atoms with Crippen LogP contribution in [0.15, 0.2) is 29.4 Å². The minimum atomic E-state index is -0.203. The first-order chi connectivity index (χ1) is 13.4. The molecule has 1 aliphatic heterocycles. The van der Waals surface area contributed by atoms with Crippen molar-refractivity contribution in [3.63, 3.8) is 0 Å². The molecule has 0 N–H and O–H groups in total. The lowest BCUT2D eigenvalue weighted by Gasteiger charge is -2.37. The number of hydrogen-bond donors (Lipinski definition) is 0. The second-order valence-electron chi connectivity index (χ2n) is 8.37. The zero-order chi connectivity index (χ0) is 19.7. The molecule has 3 fully saturated rings. The van der Waals surface area contributed by atoms with Crippen LogP contribution in [0.4, 0.5) is 0 Å². The third kappa shape index (κ3) is 2.86. The van der Waals surface area contributed by atoms with Crippen LogP contribution in [-0.4, -0.2) is 29.1 Å². The smallest absolute Gasteiger partial charge is 0.254 e. The number of carbonyl (C=O) groups is 2. The van der Waals surface area contributed by atoms with E-state index in [1.807, 2.05) is 26.0 Å². The predicted octanol–water partition coefficient (Wildman–Crippen LogP) is 4.07. The van der Waals surface area contributed by atoms with Gasteiger partial charge in [-0.05, 0) is 107 Å². The summed E-state index contributed by atoms with van der Waals surface area (Å²) in [5.74, 6) is 1.87. The number of nitrogens with zero attached hydrogens (tertiary/aromatic N) is 2. The van der Waals surface area contributed by atoms with Gasteiger partial charge in [0.15, 0.2) is 0 Å². The van der Waals surface area contributed by atoms with Crippen LogP contribution < -0.4 is 4.74 Å². The summed E-state index contributed by atoms with van der Waals surface area (Å²) in [4.78, 5) is 25.9. The van der Waals surface area contributed by atoms with Crippen LogP contribution in [0.5, 0.6) is 5.75 Å². The molecule has 2 amide bonds. The zero-order valence-corrected chi connectivity index (χ0v) is 19.8. The predicted molar refractivity (Wildman–Crippen MR) is 122 cm³/mol. The van der Waals surface area contributed by atoms with E-state index in [0.717, 1.165) is 23.5 Å². The van der Waals surface area contributed by atoms with Gasteiger partial charge in [-0.2, -0.15) is 10.1 Å². The van der Waals surface area contributed by atoms with Gasteiger partial charge in [0.05, 0.1) is 31.3 Å². The molecule has 6 rings (SSSR count). The summed E-state index contributed by atoms with van der Waals surface area (Å²) in [7, 11) is 0. The molecule has 4 aliphatic carbocycles. The van der Waals surface area contributed by atoms with Crippen molar-refractivity contribution in [3.8, 4) is 5.75 Å². The number of benzene rings is 1. The van der Waals surface area contributed by atoms with Gasteiger partial charge in [0.1, 0.15) is 5.75 Å². The molecule has 1 heterocycles. The number of imide groups is 1. The molecular formula is C21H20I2N2O3. The number of hydrogen-bond acceptors (Lipinski definition) is 4. The van der Waals surface area contributed by atoms with Gasteiger partial charge in [0.25, 0.3) is 11.8 Å². The molecule has 146 valence electrons. The van der Waals surface area contributed by atoms with E-state index in [-0.39, 0.29) is 41.6 Å². The first-order valence-electron chi connectivity index (χ1n) is 9.62. The average molecular weight is 602 g/mol. The van der Waals surface area contributed by atoms with Gasteiger partial charge in [-0.3, -0.25) is 9.59 Å². The van der Waals surface area contributed by atoms with E-state index in [0.29, 0.717) is 11.8 Å². The van der Waals surface area contributed by atoms with Crippen molar-refractivity contribution in [1.29, 1.82) is 0 Å². The van der Waals surface area contributed by atoms with Crippen molar-refractivity contribution in [3.05, 3.63) is 37.0 Å². The maximum atomic E-state index is 13.0. The Balaban J connectivity index is 1.39. The Morgan fingerprint density at radius 3 is 2.11 bits per heavy atom. The number of ether oxygens (including phenoxy) is 1. The van der Waals surface area contributed by atoms with Crippen LogP contribution in [0, 0.1) is 42.6 Å². The number of allylic oxidation sites excluding steroid dienone is 2. The average Bonchev–Trinajstić information content (AvgIpc) is 3.42. The van der Waals surface area contributed by atoms with E-state index in [1.165, 1.54) is 6.42 Å². The molecule has 1 aromatic rings. The molecule has 1 aromatic carbocycles. The Labute approximate surface area is 191 Å². The normalized spacial score (nSPS) is 35.1. The highest BCUT2D eigenvalue weighted by Gasteiger charge is 2.67. The first-order valence-corrected chi connectivity index (χ1v) is 11.8. The minimum absolute atomic E-state index is 0.0972. The summed E-state index contributed by atoms with van der Waals surface area (Å²) in [6.45, 7) is 4.00. The molecule has 0 spiro atoms. The lowest BCUT2D eigenvalue weighted by molar-refractivity contribution is -0.140. The molecule has 6 atom stereocenters. The van der Waals surface area contributed by atoms with Crippen LogP contribution in [0.25, 0.3) is 0 Å². The quantitative estimate of drug-likeness (QED) is 0.226. The van der Waals surface area contributed by atoms with Crippen molar-refractivity contribution >= 4 is 63.2 Å². The summed E-state index contributed by atoms with van der Waals surface area (Å²) in [5, 5.41) is 5.45. The van der Waals surface area contributed by atoms with E-state index in [1.54, 1.807) is 6.21 Å². The van der Waals surface area contributed by atoms with Crippen LogP contribution in [0.3, 0.4) is 0 Å². The van der Waals surface area contributed by atoms with Crippen molar-refractivity contribution in [2.24, 2.45) is 40.6 Å². The zero-order valence-electron chi connectivity index (χ0n) is 15.5. The topological polar surface area (TPSA) is 59.0 Å². The van der Waals surface area contributed by atoms with Crippen LogP contribution in [0.1, 0.15) is 25.8 Å². The summed E-state index contributed by atoms with van der Waals surface area (Å²) in [5.41, 5.74) is 0.851. The van der Waals surface area contributed by atoms with Gasteiger partial charge in [0.2, 0.25) is 0 Å². The van der Waals surface area contributed by atoms with E-state index in [4.69, 9.17) is 4.74 Å². The molecule has 1 saturated heterocycles. The van der Waals surface area contributed by atoms with Crippen molar-refractivity contribution in [1.82, 2.24) is 5.01 Å². The second-order valence-corrected chi connectivity index (χ2v) is 10.7. The number of rotatable bonds is 4. The van der Waals surface area contributed by atoms with Crippen molar-refractivity contribution in [2.45, 2.75) is 26.4 Å². The molecule has 7 heteroatoms. The van der Waals surface area contributed by atoms with Crippen LogP contribution >= 0.6 is 45.2 Å². The van der Waals surface area contributed by atoms with Gasteiger partial charge >= 0.3 is 0 Å². The Bertz CT molecular complexity index is 883. The molecular weight excluding hydrogens is 582 g/mol. The molecule has 0 radical (unpaired) electrons. The summed E-state index contributed by atoms with van der Waals surface area (Å²) < 4.78 is 7.83. The second kappa shape index (κ2) is 6.78. The standard InChI is InChI=1S/C21H20I2N2O3/c1-9(2)28-19-15(22)5-10(6-16(19)23)8-24-25-20(26)17-11-3-4-12(14-7-13(11)14)18(17)21(25)27/h3-6,8-9,11-14,17-18H,7H2,1-2H3/b24-8-/t11-,12-,13-,14+,17-,18+/m0/s1. The molecule has 2 bridgehead atoms. The Morgan fingerprint density at radius 2 is 1.61 bits per heavy atom. The fourth-order valence-electron chi connectivity index (χ4n) is 5.18. The third-order valence-electron chi connectivity index (χ3n) is 6.34. The van der Waals surface area contributed by atoms with Gasteiger partial charge in [-0.15, -0.1) is 0 Å². The number of hydrazone groups is 1. The Hall–Kier alpha value is -0.970. The van der Waals surface area contributed by atoms with Crippen LogP contribution in [-0.2, 0) is 9.59 Å². The van der Waals surface area contributed by atoms with Gasteiger partial charge in [-0.1, -0.05) is 12.2 Å². The van der Waals surface area contributed by atoms with E-state index < -0.39 is 0 Å². The number of amides is 2. The van der Waals surface area contributed by atoms with Gasteiger partial charge < -0.3 is 4.74 Å². The highest BCUT2D eigenvalue weighted by Crippen LogP contribution is 2.65. The maximum Gasteiger partial charge on any atom is 0.254 e. The summed E-state index contributed by atoms with van der Waals surface area (Å²) >= 11 is 4.48. The SMILES string of the molecule is CC(C)Oc1c(I)cc(/C=N\N2C(=O)[C@@H]3[C@H]4C=C[C@@H]([C@@H]5C[C@H]45)[C@@H]3C2=O)cc1I. The fraction of sp³-hybridized carbons (Fsp3) is 0.476.